The van der Waals surface area contributed by atoms with E-state index in [2.05, 4.69) is 59.4 Å². The van der Waals surface area contributed by atoms with Crippen LogP contribution in [-0.4, -0.2) is 0 Å². The first-order valence-electron chi connectivity index (χ1n) is 6.97. The molecule has 0 aliphatic carbocycles. The molecule has 21 heavy (non-hydrogen) atoms. The molecule has 0 spiro atoms. The first-order chi connectivity index (χ1) is 10.0. The number of nitrogens with one attached hydrogen (secondary N) is 1. The zero-order chi connectivity index (χ0) is 15.4. The summed E-state index contributed by atoms with van der Waals surface area (Å²) in [6.07, 6.45) is 0.961. The molecule has 0 radical (unpaired) electrons. The third-order valence-corrected chi connectivity index (χ3v) is 4.66. The molecule has 2 aromatic carbocycles. The van der Waals surface area contributed by atoms with Crippen LogP contribution in [0.25, 0.3) is 0 Å². The van der Waals surface area contributed by atoms with Crippen molar-refractivity contribution in [3.05, 3.63) is 68.1 Å². The van der Waals surface area contributed by atoms with Gasteiger partial charge in [-0.05, 0) is 48.7 Å². The highest BCUT2D eigenvalue weighted by molar-refractivity contribution is 9.10. The maximum Gasteiger partial charge on any atom is 0.0468 e. The second kappa shape index (κ2) is 7.64. The topological polar surface area (TPSA) is 12.0 Å². The number of rotatable bonds is 5. The van der Waals surface area contributed by atoms with Gasteiger partial charge in [0.2, 0.25) is 0 Å². The Labute approximate surface area is 144 Å². The summed E-state index contributed by atoms with van der Waals surface area (Å²) in [4.78, 5) is 0. The third-order valence-electron chi connectivity index (χ3n) is 3.57. The number of hydrogen-bond acceptors (Lipinski definition) is 1. The van der Waals surface area contributed by atoms with Crippen LogP contribution in [0.5, 0.6) is 0 Å². The van der Waals surface area contributed by atoms with E-state index in [0.717, 1.165) is 16.5 Å². The highest BCUT2D eigenvalue weighted by Crippen LogP contribution is 2.30. The Morgan fingerprint density at radius 3 is 2.33 bits per heavy atom. The average molecular weight is 387 g/mol. The molecule has 2 aromatic rings. The largest absolute Gasteiger partial charge is 0.303 e. The molecule has 2 atom stereocenters. The van der Waals surface area contributed by atoms with Gasteiger partial charge in [0.1, 0.15) is 0 Å². The molecule has 2 rings (SSSR count). The Balaban J connectivity index is 2.16. The molecule has 4 heteroatoms. The smallest absolute Gasteiger partial charge is 0.0468 e. The average Bonchev–Trinajstić information content (AvgIpc) is 2.46. The van der Waals surface area contributed by atoms with Crippen LogP contribution in [0.15, 0.2) is 46.9 Å². The van der Waals surface area contributed by atoms with Crippen molar-refractivity contribution in [1.29, 1.82) is 0 Å². The lowest BCUT2D eigenvalue weighted by Gasteiger charge is -2.24. The Morgan fingerprint density at radius 1 is 1.10 bits per heavy atom. The fourth-order valence-electron chi connectivity index (χ4n) is 2.36. The van der Waals surface area contributed by atoms with Crippen molar-refractivity contribution >= 4 is 39.1 Å². The van der Waals surface area contributed by atoms with Gasteiger partial charge in [-0.25, -0.2) is 0 Å². The van der Waals surface area contributed by atoms with Gasteiger partial charge in [0.25, 0.3) is 0 Å². The van der Waals surface area contributed by atoms with E-state index in [4.69, 9.17) is 23.2 Å². The fraction of sp³-hybridized carbons (Fsp3) is 0.294. The summed E-state index contributed by atoms with van der Waals surface area (Å²) < 4.78 is 1.09. The van der Waals surface area contributed by atoms with Gasteiger partial charge in [0.15, 0.2) is 0 Å². The van der Waals surface area contributed by atoms with E-state index in [0.29, 0.717) is 10.0 Å². The van der Waals surface area contributed by atoms with Crippen molar-refractivity contribution < 1.29 is 0 Å². The molecule has 0 amide bonds. The second-order valence-electron chi connectivity index (χ2n) is 5.07. The van der Waals surface area contributed by atoms with Crippen molar-refractivity contribution in [2.75, 3.05) is 0 Å². The summed E-state index contributed by atoms with van der Waals surface area (Å²) in [6, 6.07) is 14.5. The molecular weight excluding hydrogens is 369 g/mol. The van der Waals surface area contributed by atoms with Crippen molar-refractivity contribution in [1.82, 2.24) is 5.32 Å². The van der Waals surface area contributed by atoms with Gasteiger partial charge >= 0.3 is 0 Å². The quantitative estimate of drug-likeness (QED) is 0.613. The fourth-order valence-corrected chi connectivity index (χ4v) is 3.17. The maximum atomic E-state index is 6.32. The van der Waals surface area contributed by atoms with Crippen molar-refractivity contribution in [3.63, 3.8) is 0 Å². The van der Waals surface area contributed by atoms with Gasteiger partial charge in [0, 0.05) is 26.6 Å². The predicted molar refractivity (Wildman–Crippen MR) is 95.2 cm³/mol. The van der Waals surface area contributed by atoms with E-state index >= 15 is 0 Å². The number of benzene rings is 2. The molecule has 1 N–H and O–H groups in total. The normalized spacial score (nSPS) is 14.0. The van der Waals surface area contributed by atoms with Gasteiger partial charge < -0.3 is 5.32 Å². The summed E-state index contributed by atoms with van der Waals surface area (Å²) >= 11 is 15.8. The maximum absolute atomic E-state index is 6.32. The van der Waals surface area contributed by atoms with Crippen LogP contribution in [0.4, 0.5) is 0 Å². The van der Waals surface area contributed by atoms with Gasteiger partial charge in [-0.3, -0.25) is 0 Å². The predicted octanol–water partition coefficient (Wildman–Crippen LogP) is 6.56. The van der Waals surface area contributed by atoms with Gasteiger partial charge in [-0.15, -0.1) is 0 Å². The zero-order valence-electron chi connectivity index (χ0n) is 12.0. The monoisotopic (exact) mass is 385 g/mol. The summed E-state index contributed by atoms with van der Waals surface area (Å²) in [5, 5.41) is 5.02. The lowest BCUT2D eigenvalue weighted by molar-refractivity contribution is 0.456. The van der Waals surface area contributed by atoms with Gasteiger partial charge in [0.05, 0.1) is 0 Å². The van der Waals surface area contributed by atoms with Crippen LogP contribution >= 0.6 is 39.1 Å². The van der Waals surface area contributed by atoms with Crippen molar-refractivity contribution in [2.24, 2.45) is 0 Å². The zero-order valence-corrected chi connectivity index (χ0v) is 15.1. The van der Waals surface area contributed by atoms with Gasteiger partial charge in [-0.2, -0.15) is 0 Å². The number of hydrogen-bond donors (Lipinski definition) is 1. The van der Waals surface area contributed by atoms with Gasteiger partial charge in [-0.1, -0.05) is 64.3 Å². The third kappa shape index (κ3) is 4.46. The summed E-state index contributed by atoms with van der Waals surface area (Å²) in [5.41, 5.74) is 2.34. The van der Waals surface area contributed by atoms with E-state index in [9.17, 15) is 0 Å². The summed E-state index contributed by atoms with van der Waals surface area (Å²) in [7, 11) is 0. The molecule has 2 unspecified atom stereocenters. The van der Waals surface area contributed by atoms with E-state index in [-0.39, 0.29) is 12.1 Å². The van der Waals surface area contributed by atoms with E-state index in [1.807, 2.05) is 12.1 Å². The second-order valence-corrected chi connectivity index (χ2v) is 6.83. The molecule has 0 saturated heterocycles. The lowest BCUT2D eigenvalue weighted by atomic mass is 10.0. The van der Waals surface area contributed by atoms with E-state index in [1.54, 1.807) is 6.07 Å². The van der Waals surface area contributed by atoms with Crippen molar-refractivity contribution in [3.8, 4) is 0 Å². The highest BCUT2D eigenvalue weighted by atomic mass is 79.9. The van der Waals surface area contributed by atoms with E-state index < -0.39 is 0 Å². The lowest BCUT2D eigenvalue weighted by Crippen LogP contribution is -2.24. The molecular formula is C17H18BrCl2N. The summed E-state index contributed by atoms with van der Waals surface area (Å²) in [5.74, 6) is 0. The van der Waals surface area contributed by atoms with Crippen LogP contribution in [-0.2, 0) is 0 Å². The molecule has 1 nitrogen and oxygen atoms in total. The minimum atomic E-state index is 0.202. The first-order valence-corrected chi connectivity index (χ1v) is 8.52. The Bertz CT molecular complexity index is 598. The molecule has 0 bridgehead atoms. The van der Waals surface area contributed by atoms with Crippen LogP contribution in [0.1, 0.15) is 43.5 Å². The Kier molecular flexibility index (Phi) is 6.12. The molecule has 0 heterocycles. The molecule has 0 fully saturated rings. The highest BCUT2D eigenvalue weighted by Gasteiger charge is 2.16. The summed E-state index contributed by atoms with van der Waals surface area (Å²) in [6.45, 7) is 4.31. The van der Waals surface area contributed by atoms with Crippen molar-refractivity contribution in [2.45, 2.75) is 32.4 Å². The SMILES string of the molecule is CCC(NC(C)c1ccc(Br)cc1)c1ccc(Cl)cc1Cl. The first kappa shape index (κ1) is 16.8. The van der Waals surface area contributed by atoms with Crippen LogP contribution in [0.2, 0.25) is 10.0 Å². The Hall–Kier alpha value is -0.540. The van der Waals surface area contributed by atoms with Crippen LogP contribution < -0.4 is 5.32 Å². The molecule has 0 saturated carbocycles. The molecule has 0 aromatic heterocycles. The molecule has 112 valence electrons. The van der Waals surface area contributed by atoms with E-state index in [1.165, 1.54) is 5.56 Å². The van der Waals surface area contributed by atoms with Crippen LogP contribution in [0, 0.1) is 0 Å². The van der Waals surface area contributed by atoms with Crippen LogP contribution in [0.3, 0.4) is 0 Å². The standard InChI is InChI=1S/C17H18BrCl2N/c1-3-17(15-9-8-14(19)10-16(15)20)21-11(2)12-4-6-13(18)7-5-12/h4-11,17,21H,3H2,1-2H3. The minimum absolute atomic E-state index is 0.202. The minimum Gasteiger partial charge on any atom is -0.303 e. The molecule has 0 aliphatic heterocycles. The Morgan fingerprint density at radius 2 is 1.76 bits per heavy atom. The molecule has 0 aliphatic rings. The number of halogens is 3.